The SMILES string of the molecule is CCNC(C)(CO)CCN1CCC(C)(CC)CC1. The average Bonchev–Trinajstić information content (AvgIpc) is 2.39. The zero-order valence-electron chi connectivity index (χ0n) is 12.8. The molecule has 1 aliphatic rings. The third-order valence-corrected chi connectivity index (χ3v) is 4.85. The first-order chi connectivity index (χ1) is 8.47. The van der Waals surface area contributed by atoms with Gasteiger partial charge in [-0.3, -0.25) is 0 Å². The number of rotatable bonds is 7. The second-order valence-electron chi connectivity index (χ2n) is 6.50. The molecule has 3 heteroatoms. The molecular formula is C15H32N2O. The van der Waals surface area contributed by atoms with Gasteiger partial charge in [-0.15, -0.1) is 0 Å². The van der Waals surface area contributed by atoms with Gasteiger partial charge >= 0.3 is 0 Å². The van der Waals surface area contributed by atoms with Crippen LogP contribution in [0.15, 0.2) is 0 Å². The number of hydrogen-bond donors (Lipinski definition) is 2. The van der Waals surface area contributed by atoms with Crippen molar-refractivity contribution in [3.63, 3.8) is 0 Å². The molecule has 1 fully saturated rings. The molecule has 1 aliphatic heterocycles. The van der Waals surface area contributed by atoms with Gasteiger partial charge in [-0.1, -0.05) is 27.2 Å². The molecule has 0 spiro atoms. The van der Waals surface area contributed by atoms with Crippen molar-refractivity contribution < 1.29 is 5.11 Å². The van der Waals surface area contributed by atoms with Gasteiger partial charge in [0.1, 0.15) is 0 Å². The number of likely N-dealkylation sites (N-methyl/N-ethyl adjacent to an activating group) is 1. The van der Waals surface area contributed by atoms with Crippen molar-refractivity contribution >= 4 is 0 Å². The van der Waals surface area contributed by atoms with E-state index in [4.69, 9.17) is 0 Å². The van der Waals surface area contributed by atoms with E-state index in [9.17, 15) is 5.11 Å². The Hall–Kier alpha value is -0.120. The molecule has 2 N–H and O–H groups in total. The van der Waals surface area contributed by atoms with E-state index in [1.54, 1.807) is 0 Å². The van der Waals surface area contributed by atoms with E-state index in [-0.39, 0.29) is 12.1 Å². The molecule has 3 nitrogen and oxygen atoms in total. The predicted octanol–water partition coefficient (Wildman–Crippen LogP) is 2.25. The van der Waals surface area contributed by atoms with Crippen LogP contribution in [-0.2, 0) is 0 Å². The molecule has 18 heavy (non-hydrogen) atoms. The monoisotopic (exact) mass is 256 g/mol. The van der Waals surface area contributed by atoms with Crippen LogP contribution in [0.1, 0.15) is 53.4 Å². The molecule has 1 heterocycles. The van der Waals surface area contributed by atoms with E-state index in [0.29, 0.717) is 5.41 Å². The van der Waals surface area contributed by atoms with Crippen molar-refractivity contribution in [3.8, 4) is 0 Å². The molecule has 0 bridgehead atoms. The second kappa shape index (κ2) is 6.88. The highest BCUT2D eigenvalue weighted by molar-refractivity contribution is 4.86. The van der Waals surface area contributed by atoms with Gasteiger partial charge in [0.25, 0.3) is 0 Å². The minimum absolute atomic E-state index is 0.111. The highest BCUT2D eigenvalue weighted by atomic mass is 16.3. The molecule has 108 valence electrons. The van der Waals surface area contributed by atoms with Crippen LogP contribution in [0.2, 0.25) is 0 Å². The highest BCUT2D eigenvalue weighted by Crippen LogP contribution is 2.34. The maximum absolute atomic E-state index is 9.49. The molecule has 0 aromatic heterocycles. The number of piperidine rings is 1. The summed E-state index contributed by atoms with van der Waals surface area (Å²) in [5.74, 6) is 0. The van der Waals surface area contributed by atoms with Gasteiger partial charge in [-0.25, -0.2) is 0 Å². The van der Waals surface area contributed by atoms with Crippen LogP contribution < -0.4 is 5.32 Å². The summed E-state index contributed by atoms with van der Waals surface area (Å²) in [4.78, 5) is 2.56. The van der Waals surface area contributed by atoms with Crippen molar-refractivity contribution in [2.24, 2.45) is 5.41 Å². The number of hydrogen-bond acceptors (Lipinski definition) is 3. The maximum Gasteiger partial charge on any atom is 0.0611 e. The van der Waals surface area contributed by atoms with Gasteiger partial charge in [0.2, 0.25) is 0 Å². The summed E-state index contributed by atoms with van der Waals surface area (Å²) < 4.78 is 0. The van der Waals surface area contributed by atoms with Crippen LogP contribution in [0.5, 0.6) is 0 Å². The Labute approximate surface area is 113 Å². The van der Waals surface area contributed by atoms with Crippen LogP contribution in [0.3, 0.4) is 0 Å². The standard InChI is InChI=1S/C15H32N2O/c1-5-14(3)7-10-17(11-8-14)12-9-15(4,13-18)16-6-2/h16,18H,5-13H2,1-4H3. The van der Waals surface area contributed by atoms with E-state index >= 15 is 0 Å². The lowest BCUT2D eigenvalue weighted by atomic mass is 9.78. The zero-order chi connectivity index (χ0) is 13.6. The first-order valence-electron chi connectivity index (χ1n) is 7.55. The Morgan fingerprint density at radius 1 is 1.28 bits per heavy atom. The molecule has 0 aromatic rings. The largest absolute Gasteiger partial charge is 0.394 e. The van der Waals surface area contributed by atoms with E-state index in [0.717, 1.165) is 19.5 Å². The van der Waals surface area contributed by atoms with Crippen LogP contribution in [0.25, 0.3) is 0 Å². The van der Waals surface area contributed by atoms with Gasteiger partial charge < -0.3 is 15.3 Å². The fourth-order valence-corrected chi connectivity index (χ4v) is 2.73. The summed E-state index contributed by atoms with van der Waals surface area (Å²) in [6, 6.07) is 0. The van der Waals surface area contributed by atoms with Crippen LogP contribution in [0.4, 0.5) is 0 Å². The quantitative estimate of drug-likeness (QED) is 0.733. The first-order valence-corrected chi connectivity index (χ1v) is 7.55. The lowest BCUT2D eigenvalue weighted by molar-refractivity contribution is 0.0944. The molecule has 0 aliphatic carbocycles. The van der Waals surface area contributed by atoms with Crippen LogP contribution in [-0.4, -0.2) is 48.3 Å². The number of nitrogens with one attached hydrogen (secondary N) is 1. The molecule has 0 amide bonds. The third-order valence-electron chi connectivity index (χ3n) is 4.85. The average molecular weight is 256 g/mol. The number of likely N-dealkylation sites (tertiary alicyclic amines) is 1. The lowest BCUT2D eigenvalue weighted by Gasteiger charge is -2.40. The molecule has 0 aromatic carbocycles. The summed E-state index contributed by atoms with van der Waals surface area (Å²) >= 11 is 0. The Bertz CT molecular complexity index is 237. The predicted molar refractivity (Wildman–Crippen MR) is 77.9 cm³/mol. The summed E-state index contributed by atoms with van der Waals surface area (Å²) in [5, 5.41) is 12.9. The second-order valence-corrected chi connectivity index (χ2v) is 6.50. The summed E-state index contributed by atoms with van der Waals surface area (Å²) in [6.07, 6.45) is 4.97. The normalized spacial score (nSPS) is 23.8. The van der Waals surface area contributed by atoms with E-state index in [2.05, 4.69) is 37.9 Å². The lowest BCUT2D eigenvalue weighted by Crippen LogP contribution is -2.49. The van der Waals surface area contributed by atoms with Crippen molar-refractivity contribution in [2.45, 2.75) is 58.9 Å². The highest BCUT2D eigenvalue weighted by Gasteiger charge is 2.29. The van der Waals surface area contributed by atoms with Gasteiger partial charge in [-0.2, -0.15) is 0 Å². The van der Waals surface area contributed by atoms with Gasteiger partial charge in [-0.05, 0) is 57.8 Å². The van der Waals surface area contributed by atoms with Gasteiger partial charge in [0.15, 0.2) is 0 Å². The summed E-state index contributed by atoms with van der Waals surface area (Å²) in [6.45, 7) is 13.6. The number of aliphatic hydroxyl groups excluding tert-OH is 1. The molecular weight excluding hydrogens is 224 g/mol. The molecule has 0 saturated carbocycles. The van der Waals surface area contributed by atoms with Crippen LogP contribution >= 0.6 is 0 Å². The zero-order valence-corrected chi connectivity index (χ0v) is 12.8. The fraction of sp³-hybridized carbons (Fsp3) is 1.00. The van der Waals surface area contributed by atoms with E-state index < -0.39 is 0 Å². The van der Waals surface area contributed by atoms with Crippen molar-refractivity contribution in [1.82, 2.24) is 10.2 Å². The third kappa shape index (κ3) is 4.52. The maximum atomic E-state index is 9.49. The Kier molecular flexibility index (Phi) is 6.09. The summed E-state index contributed by atoms with van der Waals surface area (Å²) in [7, 11) is 0. The van der Waals surface area contributed by atoms with Gasteiger partial charge in [0.05, 0.1) is 6.61 Å². The molecule has 1 atom stereocenters. The topological polar surface area (TPSA) is 35.5 Å². The number of nitrogens with zero attached hydrogens (tertiary/aromatic N) is 1. The first kappa shape index (κ1) is 15.9. The molecule has 1 rings (SSSR count). The Morgan fingerprint density at radius 2 is 1.89 bits per heavy atom. The Balaban J connectivity index is 2.33. The van der Waals surface area contributed by atoms with Crippen molar-refractivity contribution in [1.29, 1.82) is 0 Å². The van der Waals surface area contributed by atoms with Crippen molar-refractivity contribution in [2.75, 3.05) is 32.8 Å². The summed E-state index contributed by atoms with van der Waals surface area (Å²) in [5.41, 5.74) is 0.457. The van der Waals surface area contributed by atoms with E-state index in [1.165, 1.54) is 32.4 Å². The minimum Gasteiger partial charge on any atom is -0.394 e. The smallest absolute Gasteiger partial charge is 0.0611 e. The van der Waals surface area contributed by atoms with Gasteiger partial charge in [0, 0.05) is 5.54 Å². The Morgan fingerprint density at radius 3 is 2.33 bits per heavy atom. The van der Waals surface area contributed by atoms with Crippen molar-refractivity contribution in [3.05, 3.63) is 0 Å². The molecule has 1 saturated heterocycles. The molecule has 1 unspecified atom stereocenters. The van der Waals surface area contributed by atoms with E-state index in [1.807, 2.05) is 0 Å². The molecule has 0 radical (unpaired) electrons. The number of aliphatic hydroxyl groups is 1. The minimum atomic E-state index is -0.111. The van der Waals surface area contributed by atoms with Crippen LogP contribution in [0, 0.1) is 5.41 Å². The fourth-order valence-electron chi connectivity index (χ4n) is 2.73.